The molecule has 1 amide bonds. The van der Waals surface area contributed by atoms with Crippen molar-refractivity contribution in [1.82, 2.24) is 9.62 Å². The van der Waals surface area contributed by atoms with Crippen LogP contribution in [0, 0.1) is 0 Å². The molecule has 0 aliphatic carbocycles. The number of rotatable bonds is 9. The van der Waals surface area contributed by atoms with E-state index in [1.54, 1.807) is 24.3 Å². The Kier molecular flexibility index (Phi) is 7.07. The van der Waals surface area contributed by atoms with E-state index in [1.807, 2.05) is 56.3 Å². The number of hydrogen-bond acceptors (Lipinski definition) is 4. The maximum atomic E-state index is 12.5. The summed E-state index contributed by atoms with van der Waals surface area (Å²) in [4.78, 5) is 12.4. The predicted molar refractivity (Wildman–Crippen MR) is 118 cm³/mol. The van der Waals surface area contributed by atoms with Crippen molar-refractivity contribution >= 4 is 26.7 Å². The summed E-state index contributed by atoms with van der Waals surface area (Å²) in [7, 11) is -3.48. The summed E-state index contributed by atoms with van der Waals surface area (Å²) in [6.45, 7) is 4.68. The molecule has 0 aliphatic heterocycles. The normalized spacial score (nSPS) is 11.6. The lowest BCUT2D eigenvalue weighted by molar-refractivity contribution is -0.123. The van der Waals surface area contributed by atoms with Crippen LogP contribution < -0.4 is 10.1 Å². The fourth-order valence-corrected chi connectivity index (χ4v) is 4.61. The molecule has 0 atom stereocenters. The minimum absolute atomic E-state index is 0.0905. The van der Waals surface area contributed by atoms with E-state index in [0.717, 1.165) is 16.3 Å². The van der Waals surface area contributed by atoms with Crippen LogP contribution in [-0.4, -0.2) is 38.3 Å². The number of fused-ring (bicyclic) bond motifs is 1. The van der Waals surface area contributed by atoms with Crippen LogP contribution in [-0.2, 0) is 21.4 Å². The molecule has 0 unspecified atom stereocenters. The summed E-state index contributed by atoms with van der Waals surface area (Å²) >= 11 is 0. The van der Waals surface area contributed by atoms with E-state index >= 15 is 0 Å². The number of carbonyl (C=O) groups is 1. The Balaban J connectivity index is 1.53. The molecular weight excluding hydrogens is 400 g/mol. The first-order chi connectivity index (χ1) is 14.4. The highest BCUT2D eigenvalue weighted by atomic mass is 32.2. The van der Waals surface area contributed by atoms with Crippen LogP contribution >= 0.6 is 0 Å². The van der Waals surface area contributed by atoms with Gasteiger partial charge in [-0.25, -0.2) is 8.42 Å². The van der Waals surface area contributed by atoms with Crippen molar-refractivity contribution in [3.8, 4) is 5.75 Å². The number of nitrogens with one attached hydrogen (secondary N) is 1. The smallest absolute Gasteiger partial charge is 0.258 e. The monoisotopic (exact) mass is 426 g/mol. The van der Waals surface area contributed by atoms with Gasteiger partial charge in [-0.1, -0.05) is 56.3 Å². The number of hydrogen-bond donors (Lipinski definition) is 1. The molecule has 0 saturated heterocycles. The Morgan fingerprint density at radius 2 is 1.60 bits per heavy atom. The molecule has 0 aromatic heterocycles. The second-order valence-electron chi connectivity index (χ2n) is 6.81. The highest BCUT2D eigenvalue weighted by Gasteiger charge is 2.21. The fourth-order valence-electron chi connectivity index (χ4n) is 3.15. The van der Waals surface area contributed by atoms with Crippen LogP contribution in [0.15, 0.2) is 71.6 Å². The van der Waals surface area contributed by atoms with Crippen molar-refractivity contribution in [2.75, 3.05) is 19.7 Å². The van der Waals surface area contributed by atoms with Crippen molar-refractivity contribution in [2.24, 2.45) is 0 Å². The minimum Gasteiger partial charge on any atom is -0.484 e. The minimum atomic E-state index is -3.48. The lowest BCUT2D eigenvalue weighted by Crippen LogP contribution is -2.30. The first-order valence-corrected chi connectivity index (χ1v) is 11.4. The van der Waals surface area contributed by atoms with Gasteiger partial charge in [-0.15, -0.1) is 0 Å². The molecule has 3 aromatic rings. The van der Waals surface area contributed by atoms with Gasteiger partial charge in [0, 0.05) is 19.6 Å². The first-order valence-electron chi connectivity index (χ1n) is 9.91. The van der Waals surface area contributed by atoms with Gasteiger partial charge in [-0.05, 0) is 40.6 Å². The van der Waals surface area contributed by atoms with Gasteiger partial charge in [-0.2, -0.15) is 4.31 Å². The Morgan fingerprint density at radius 3 is 2.27 bits per heavy atom. The zero-order valence-corrected chi connectivity index (χ0v) is 18.0. The van der Waals surface area contributed by atoms with Crippen molar-refractivity contribution in [1.29, 1.82) is 0 Å². The van der Waals surface area contributed by atoms with Crippen LogP contribution in [0.1, 0.15) is 19.4 Å². The summed E-state index contributed by atoms with van der Waals surface area (Å²) in [5.74, 6) is 0.387. The number of amides is 1. The van der Waals surface area contributed by atoms with Gasteiger partial charge in [0.2, 0.25) is 10.0 Å². The standard InChI is InChI=1S/C23H26N2O4S/c1-3-25(4-2)30(27,28)22-13-9-18(10-14-22)16-24-23(26)17-29-21-12-11-19-7-5-6-8-20(19)15-21/h5-15H,3-4,16-17H2,1-2H3,(H,24,26). The zero-order valence-electron chi connectivity index (χ0n) is 17.2. The van der Waals surface area contributed by atoms with Crippen LogP contribution in [0.4, 0.5) is 0 Å². The fraction of sp³-hybridized carbons (Fsp3) is 0.261. The largest absolute Gasteiger partial charge is 0.484 e. The number of benzene rings is 3. The molecule has 7 heteroatoms. The van der Waals surface area contributed by atoms with Gasteiger partial charge in [0.15, 0.2) is 6.61 Å². The summed E-state index contributed by atoms with van der Waals surface area (Å²) in [6.07, 6.45) is 0. The van der Waals surface area contributed by atoms with Crippen LogP contribution in [0.3, 0.4) is 0 Å². The molecule has 1 N–H and O–H groups in total. The molecule has 30 heavy (non-hydrogen) atoms. The molecule has 0 saturated carbocycles. The topological polar surface area (TPSA) is 75.7 Å². The van der Waals surface area contributed by atoms with Crippen molar-refractivity contribution in [3.63, 3.8) is 0 Å². The maximum absolute atomic E-state index is 12.5. The van der Waals surface area contributed by atoms with E-state index in [2.05, 4.69) is 5.32 Å². The third-order valence-electron chi connectivity index (χ3n) is 4.85. The second kappa shape index (κ2) is 9.73. The second-order valence-corrected chi connectivity index (χ2v) is 8.75. The molecule has 0 fully saturated rings. The lowest BCUT2D eigenvalue weighted by atomic mass is 10.1. The number of sulfonamides is 1. The van der Waals surface area contributed by atoms with Gasteiger partial charge >= 0.3 is 0 Å². The lowest BCUT2D eigenvalue weighted by Gasteiger charge is -2.18. The SMILES string of the molecule is CCN(CC)S(=O)(=O)c1ccc(CNC(=O)COc2ccc3ccccc3c2)cc1. The van der Waals surface area contributed by atoms with Gasteiger partial charge < -0.3 is 10.1 Å². The Hall–Kier alpha value is -2.90. The van der Waals surface area contributed by atoms with Gasteiger partial charge in [0.05, 0.1) is 4.90 Å². The Morgan fingerprint density at radius 1 is 0.933 bits per heavy atom. The Bertz CT molecular complexity index is 1110. The summed E-state index contributed by atoms with van der Waals surface area (Å²) in [5, 5.41) is 4.95. The van der Waals surface area contributed by atoms with Crippen molar-refractivity contribution in [2.45, 2.75) is 25.3 Å². The third-order valence-corrected chi connectivity index (χ3v) is 6.91. The number of carbonyl (C=O) groups excluding carboxylic acids is 1. The summed E-state index contributed by atoms with van der Waals surface area (Å²) in [6, 6.07) is 20.2. The van der Waals surface area contributed by atoms with E-state index in [0.29, 0.717) is 25.4 Å². The van der Waals surface area contributed by atoms with Crippen molar-refractivity contribution < 1.29 is 17.9 Å². The predicted octanol–water partition coefficient (Wildman–Crippen LogP) is 3.57. The molecule has 6 nitrogen and oxygen atoms in total. The average Bonchev–Trinajstić information content (AvgIpc) is 2.77. The molecule has 0 radical (unpaired) electrons. The van der Waals surface area contributed by atoms with Crippen molar-refractivity contribution in [3.05, 3.63) is 72.3 Å². The van der Waals surface area contributed by atoms with Crippen LogP contribution in [0.2, 0.25) is 0 Å². The zero-order chi connectivity index (χ0) is 21.6. The summed E-state index contributed by atoms with van der Waals surface area (Å²) in [5.41, 5.74) is 0.813. The van der Waals surface area contributed by atoms with Crippen LogP contribution in [0.25, 0.3) is 10.8 Å². The van der Waals surface area contributed by atoms with Gasteiger partial charge in [0.1, 0.15) is 5.75 Å². The number of ether oxygens (including phenoxy) is 1. The molecule has 0 aliphatic rings. The molecule has 3 aromatic carbocycles. The van der Waals surface area contributed by atoms with E-state index < -0.39 is 10.0 Å². The quantitative estimate of drug-likeness (QED) is 0.568. The molecular formula is C23H26N2O4S. The molecule has 3 rings (SSSR count). The number of nitrogens with zero attached hydrogens (tertiary/aromatic N) is 1. The Labute approximate surface area is 177 Å². The van der Waals surface area contributed by atoms with E-state index in [-0.39, 0.29) is 17.4 Å². The molecule has 0 heterocycles. The summed E-state index contributed by atoms with van der Waals surface area (Å²) < 4.78 is 32.0. The molecule has 0 bridgehead atoms. The first kappa shape index (κ1) is 21.8. The molecule has 158 valence electrons. The van der Waals surface area contributed by atoms with Crippen LogP contribution in [0.5, 0.6) is 5.75 Å². The average molecular weight is 427 g/mol. The highest BCUT2D eigenvalue weighted by Crippen LogP contribution is 2.20. The van der Waals surface area contributed by atoms with E-state index in [9.17, 15) is 13.2 Å². The maximum Gasteiger partial charge on any atom is 0.258 e. The van der Waals surface area contributed by atoms with Gasteiger partial charge in [-0.3, -0.25) is 4.79 Å². The van der Waals surface area contributed by atoms with E-state index in [4.69, 9.17) is 4.74 Å². The third kappa shape index (κ3) is 5.17. The van der Waals surface area contributed by atoms with E-state index in [1.165, 1.54) is 4.31 Å². The molecule has 0 spiro atoms. The highest BCUT2D eigenvalue weighted by molar-refractivity contribution is 7.89. The van der Waals surface area contributed by atoms with Gasteiger partial charge in [0.25, 0.3) is 5.91 Å².